The summed E-state index contributed by atoms with van der Waals surface area (Å²) in [6.07, 6.45) is 6.28. The summed E-state index contributed by atoms with van der Waals surface area (Å²) in [5.41, 5.74) is 8.47. The average Bonchev–Trinajstić information content (AvgIpc) is 3.17. The highest BCUT2D eigenvalue weighted by molar-refractivity contribution is 5.95. The molecule has 1 amide bonds. The Kier molecular flexibility index (Phi) is 8.32. The van der Waals surface area contributed by atoms with Gasteiger partial charge in [-0.2, -0.15) is 0 Å². The molecular weight excluding hydrogens is 448 g/mol. The van der Waals surface area contributed by atoms with Crippen LogP contribution >= 0.6 is 12.4 Å². The average molecular weight is 478 g/mol. The quantitative estimate of drug-likeness (QED) is 0.426. The number of carbonyl (C=O) groups is 1. The van der Waals surface area contributed by atoms with Crippen LogP contribution in [0.3, 0.4) is 0 Å². The van der Waals surface area contributed by atoms with Crippen LogP contribution < -0.4 is 10.5 Å². The number of amides is 1. The fourth-order valence-corrected chi connectivity index (χ4v) is 4.65. The lowest BCUT2D eigenvalue weighted by molar-refractivity contribution is 0.0984. The number of nitrogens with zero attached hydrogens (tertiary/aromatic N) is 1. The van der Waals surface area contributed by atoms with Gasteiger partial charge in [0, 0.05) is 34.3 Å². The van der Waals surface area contributed by atoms with E-state index < -0.39 is 11.7 Å². The molecule has 0 fully saturated rings. The lowest BCUT2D eigenvalue weighted by atomic mass is 9.95. The van der Waals surface area contributed by atoms with Crippen LogP contribution in [-0.4, -0.2) is 41.5 Å². The number of primary amides is 1. The van der Waals surface area contributed by atoms with E-state index in [1.807, 2.05) is 6.20 Å². The molecule has 2 aromatic carbocycles. The Morgan fingerprint density at radius 1 is 1.21 bits per heavy atom. The van der Waals surface area contributed by atoms with Gasteiger partial charge in [-0.25, -0.2) is 8.78 Å². The summed E-state index contributed by atoms with van der Waals surface area (Å²) in [5, 5.41) is 0.939. The topological polar surface area (TPSA) is 71.3 Å². The zero-order valence-corrected chi connectivity index (χ0v) is 19.5. The number of nitrogens with one attached hydrogen (secondary N) is 1. The number of aromatic nitrogens is 1. The monoisotopic (exact) mass is 477 g/mol. The molecule has 3 N–H and O–H groups in total. The van der Waals surface area contributed by atoms with E-state index >= 15 is 0 Å². The summed E-state index contributed by atoms with van der Waals surface area (Å²) < 4.78 is 33.5. The van der Waals surface area contributed by atoms with Crippen molar-refractivity contribution in [2.75, 3.05) is 19.7 Å². The van der Waals surface area contributed by atoms with E-state index in [9.17, 15) is 13.6 Å². The summed E-state index contributed by atoms with van der Waals surface area (Å²) >= 11 is 0. The Morgan fingerprint density at radius 3 is 2.79 bits per heavy atom. The van der Waals surface area contributed by atoms with Crippen molar-refractivity contribution in [3.05, 3.63) is 64.9 Å². The Bertz CT molecular complexity index is 1120. The number of halogens is 3. The molecule has 1 aromatic heterocycles. The van der Waals surface area contributed by atoms with Gasteiger partial charge in [-0.05, 0) is 81.1 Å². The Morgan fingerprint density at radius 2 is 2.03 bits per heavy atom. The predicted molar refractivity (Wildman–Crippen MR) is 128 cm³/mol. The van der Waals surface area contributed by atoms with Crippen LogP contribution in [0.2, 0.25) is 0 Å². The van der Waals surface area contributed by atoms with Crippen LogP contribution in [0, 0.1) is 11.6 Å². The van der Waals surface area contributed by atoms with E-state index in [-0.39, 0.29) is 30.0 Å². The van der Waals surface area contributed by atoms with Gasteiger partial charge in [0.25, 0.3) is 0 Å². The molecule has 5 nitrogen and oxygen atoms in total. The third kappa shape index (κ3) is 5.47. The third-order valence-electron chi connectivity index (χ3n) is 6.24. The number of hydrogen-bond donors (Lipinski definition) is 2. The molecule has 0 radical (unpaired) electrons. The molecule has 8 heteroatoms. The Hall–Kier alpha value is -2.64. The van der Waals surface area contributed by atoms with Gasteiger partial charge < -0.3 is 15.5 Å². The number of aryl methyl sites for hydroxylation is 1. The first-order valence-electron chi connectivity index (χ1n) is 11.2. The number of fused-ring (bicyclic) bond motifs is 2. The second kappa shape index (κ2) is 11.0. The van der Waals surface area contributed by atoms with E-state index in [1.165, 1.54) is 18.2 Å². The van der Waals surface area contributed by atoms with Gasteiger partial charge in [0.1, 0.15) is 12.4 Å². The van der Waals surface area contributed by atoms with Gasteiger partial charge in [-0.3, -0.25) is 9.69 Å². The fraction of sp³-hybridized carbons (Fsp3) is 0.400. The number of unbranched alkanes of at least 4 members (excludes halogenated alkanes) is 1. The smallest absolute Gasteiger partial charge is 0.249 e. The maximum absolute atomic E-state index is 14.2. The van der Waals surface area contributed by atoms with Crippen molar-refractivity contribution in [2.24, 2.45) is 5.73 Å². The van der Waals surface area contributed by atoms with E-state index in [2.05, 4.69) is 16.8 Å². The molecule has 0 saturated carbocycles. The molecule has 4 rings (SSSR count). The molecule has 1 unspecified atom stereocenters. The minimum Gasteiger partial charge on any atom is -0.489 e. The molecule has 178 valence electrons. The van der Waals surface area contributed by atoms with E-state index in [0.29, 0.717) is 24.2 Å². The number of nitrogens with two attached hydrogens (primary N) is 1. The van der Waals surface area contributed by atoms with Crippen molar-refractivity contribution in [3.8, 4) is 5.75 Å². The SMILES string of the molecule is CCCN(CCCCc1c[nH]c2ccc(F)cc12)C1COc2c(F)ccc(C(N)=O)c2C1.Cl. The number of rotatable bonds is 9. The lowest BCUT2D eigenvalue weighted by Crippen LogP contribution is -2.44. The predicted octanol–water partition coefficient (Wildman–Crippen LogP) is 5.01. The molecule has 0 bridgehead atoms. The number of H-pyrrole nitrogens is 1. The summed E-state index contributed by atoms with van der Waals surface area (Å²) in [6.45, 7) is 4.27. The fourth-order valence-electron chi connectivity index (χ4n) is 4.65. The highest BCUT2D eigenvalue weighted by atomic mass is 35.5. The van der Waals surface area contributed by atoms with E-state index in [0.717, 1.165) is 55.2 Å². The molecule has 33 heavy (non-hydrogen) atoms. The van der Waals surface area contributed by atoms with Crippen molar-refractivity contribution < 1.29 is 18.3 Å². The van der Waals surface area contributed by atoms with Crippen LogP contribution in [0.15, 0.2) is 36.5 Å². The largest absolute Gasteiger partial charge is 0.489 e. The van der Waals surface area contributed by atoms with Crippen LogP contribution in [0.5, 0.6) is 5.75 Å². The first-order valence-corrected chi connectivity index (χ1v) is 11.2. The summed E-state index contributed by atoms with van der Waals surface area (Å²) in [4.78, 5) is 17.4. The molecule has 0 saturated heterocycles. The molecule has 0 spiro atoms. The second-order valence-corrected chi connectivity index (χ2v) is 8.43. The molecule has 0 aliphatic carbocycles. The normalized spacial score (nSPS) is 15.2. The van der Waals surface area contributed by atoms with Crippen molar-refractivity contribution in [1.29, 1.82) is 0 Å². The van der Waals surface area contributed by atoms with Crippen LogP contribution in [-0.2, 0) is 12.8 Å². The highest BCUT2D eigenvalue weighted by Gasteiger charge is 2.29. The number of aromatic amines is 1. The maximum atomic E-state index is 14.2. The first kappa shape index (κ1) is 25.0. The zero-order valence-electron chi connectivity index (χ0n) is 18.7. The standard InChI is InChI=1S/C25H29F2N3O2.ClH/c1-2-10-30(11-4-3-5-16-14-29-23-9-6-17(26)12-20(16)23)18-13-21-19(25(28)31)7-8-22(27)24(21)32-15-18;/h6-9,12,14,18,29H,2-5,10-11,13,15H2,1H3,(H2,28,31);1H. The van der Waals surface area contributed by atoms with E-state index in [1.54, 1.807) is 12.1 Å². The van der Waals surface area contributed by atoms with Gasteiger partial charge >= 0.3 is 0 Å². The zero-order chi connectivity index (χ0) is 22.7. The van der Waals surface area contributed by atoms with Crippen LogP contribution in [0.1, 0.15) is 47.7 Å². The Balaban J connectivity index is 0.00000306. The van der Waals surface area contributed by atoms with Crippen molar-refractivity contribution in [2.45, 2.75) is 45.1 Å². The minimum absolute atomic E-state index is 0. The van der Waals surface area contributed by atoms with Crippen molar-refractivity contribution >= 4 is 29.2 Å². The minimum atomic E-state index is -0.567. The number of ether oxygens (including phenoxy) is 1. The van der Waals surface area contributed by atoms with Crippen molar-refractivity contribution in [1.82, 2.24) is 9.88 Å². The van der Waals surface area contributed by atoms with E-state index in [4.69, 9.17) is 10.5 Å². The number of carbonyl (C=O) groups excluding carboxylic acids is 1. The molecule has 1 aliphatic rings. The summed E-state index contributed by atoms with van der Waals surface area (Å²) in [7, 11) is 0. The molecule has 1 atom stereocenters. The molecular formula is C25H30ClF2N3O2. The van der Waals surface area contributed by atoms with Crippen molar-refractivity contribution in [3.63, 3.8) is 0 Å². The van der Waals surface area contributed by atoms with Gasteiger partial charge in [-0.15, -0.1) is 12.4 Å². The van der Waals surface area contributed by atoms with Gasteiger partial charge in [0.2, 0.25) is 5.91 Å². The number of benzene rings is 2. The number of hydrogen-bond acceptors (Lipinski definition) is 3. The second-order valence-electron chi connectivity index (χ2n) is 8.43. The van der Waals surface area contributed by atoms with Crippen LogP contribution in [0.4, 0.5) is 8.78 Å². The van der Waals surface area contributed by atoms with Gasteiger partial charge in [0.05, 0.1) is 0 Å². The summed E-state index contributed by atoms with van der Waals surface area (Å²) in [6, 6.07) is 7.55. The first-order chi connectivity index (χ1) is 15.5. The molecule has 2 heterocycles. The highest BCUT2D eigenvalue weighted by Crippen LogP contribution is 2.32. The van der Waals surface area contributed by atoms with Gasteiger partial charge in [0.15, 0.2) is 11.6 Å². The third-order valence-corrected chi connectivity index (χ3v) is 6.24. The summed E-state index contributed by atoms with van der Waals surface area (Å²) in [5.74, 6) is -1.10. The molecule has 1 aliphatic heterocycles. The maximum Gasteiger partial charge on any atom is 0.249 e. The Labute approximate surface area is 198 Å². The lowest BCUT2D eigenvalue weighted by Gasteiger charge is -2.35. The van der Waals surface area contributed by atoms with Crippen LogP contribution in [0.25, 0.3) is 10.9 Å². The molecule has 3 aromatic rings. The van der Waals surface area contributed by atoms with Gasteiger partial charge in [-0.1, -0.05) is 6.92 Å².